The first-order valence-corrected chi connectivity index (χ1v) is 5.42. The number of nitrogens with two attached hydrogens (primary N) is 1. The van der Waals surface area contributed by atoms with Crippen molar-refractivity contribution in [1.82, 2.24) is 5.32 Å². The van der Waals surface area contributed by atoms with Gasteiger partial charge in [-0.3, -0.25) is 0 Å². The van der Waals surface area contributed by atoms with Crippen LogP contribution in [0.5, 0.6) is 11.5 Å². The number of rotatable bonds is 6. The first kappa shape index (κ1) is 13.1. The molecule has 0 spiro atoms. The van der Waals surface area contributed by atoms with Gasteiger partial charge >= 0.3 is 0 Å². The third-order valence-corrected chi connectivity index (χ3v) is 2.62. The van der Waals surface area contributed by atoms with Gasteiger partial charge in [0, 0.05) is 19.6 Å². The van der Waals surface area contributed by atoms with Crippen LogP contribution in [-0.2, 0) is 6.54 Å². The van der Waals surface area contributed by atoms with Crippen molar-refractivity contribution in [2.24, 2.45) is 5.73 Å². The lowest BCUT2D eigenvalue weighted by molar-refractivity contribution is 0.354. The van der Waals surface area contributed by atoms with Crippen molar-refractivity contribution in [3.05, 3.63) is 22.7 Å². The first-order valence-electron chi connectivity index (χ1n) is 5.04. The third-order valence-electron chi connectivity index (χ3n) is 2.20. The Bertz CT molecular complexity index is 345. The molecule has 0 radical (unpaired) electrons. The van der Waals surface area contributed by atoms with E-state index in [0.717, 1.165) is 12.1 Å². The van der Waals surface area contributed by atoms with Crippen LogP contribution in [0.1, 0.15) is 5.56 Å². The molecule has 0 aliphatic rings. The molecule has 0 unspecified atom stereocenters. The fraction of sp³-hybridized carbons (Fsp3) is 0.455. The maximum Gasteiger partial charge on any atom is 0.179 e. The molecular formula is C11H17ClN2O2. The molecule has 5 heteroatoms. The summed E-state index contributed by atoms with van der Waals surface area (Å²) < 4.78 is 10.4. The second-order valence-corrected chi connectivity index (χ2v) is 3.62. The summed E-state index contributed by atoms with van der Waals surface area (Å²) in [6.45, 7) is 2.02. The zero-order chi connectivity index (χ0) is 12.0. The Balaban J connectivity index is 2.86. The van der Waals surface area contributed by atoms with Crippen molar-refractivity contribution in [3.8, 4) is 11.5 Å². The monoisotopic (exact) mass is 244 g/mol. The highest BCUT2D eigenvalue weighted by atomic mass is 35.5. The van der Waals surface area contributed by atoms with Gasteiger partial charge in [0.15, 0.2) is 11.5 Å². The molecule has 1 aromatic carbocycles. The van der Waals surface area contributed by atoms with Gasteiger partial charge in [0.25, 0.3) is 0 Å². The summed E-state index contributed by atoms with van der Waals surface area (Å²) >= 11 is 6.20. The van der Waals surface area contributed by atoms with Crippen molar-refractivity contribution in [1.29, 1.82) is 0 Å². The number of halogens is 1. The van der Waals surface area contributed by atoms with Crippen molar-refractivity contribution in [2.45, 2.75) is 6.54 Å². The van der Waals surface area contributed by atoms with Gasteiger partial charge in [-0.1, -0.05) is 17.7 Å². The molecule has 16 heavy (non-hydrogen) atoms. The smallest absolute Gasteiger partial charge is 0.179 e. The highest BCUT2D eigenvalue weighted by molar-refractivity contribution is 6.33. The second kappa shape index (κ2) is 6.58. The van der Waals surface area contributed by atoms with Gasteiger partial charge in [-0.25, -0.2) is 0 Å². The predicted octanol–water partition coefficient (Wildman–Crippen LogP) is 1.41. The fourth-order valence-corrected chi connectivity index (χ4v) is 1.69. The Labute approximate surface area is 101 Å². The summed E-state index contributed by atoms with van der Waals surface area (Å²) in [5, 5.41) is 3.75. The minimum absolute atomic E-state index is 0.566. The van der Waals surface area contributed by atoms with Crippen LogP contribution in [-0.4, -0.2) is 27.3 Å². The van der Waals surface area contributed by atoms with Crippen LogP contribution < -0.4 is 20.5 Å². The van der Waals surface area contributed by atoms with Crippen molar-refractivity contribution >= 4 is 11.6 Å². The number of nitrogens with one attached hydrogen (secondary N) is 1. The Morgan fingerprint density at radius 3 is 2.62 bits per heavy atom. The largest absolute Gasteiger partial charge is 0.493 e. The van der Waals surface area contributed by atoms with Gasteiger partial charge in [-0.05, 0) is 11.6 Å². The van der Waals surface area contributed by atoms with Gasteiger partial charge in [-0.2, -0.15) is 0 Å². The highest BCUT2D eigenvalue weighted by Gasteiger charge is 2.12. The second-order valence-electron chi connectivity index (χ2n) is 3.24. The summed E-state index contributed by atoms with van der Waals surface area (Å²) in [6.07, 6.45) is 0. The lowest BCUT2D eigenvalue weighted by Gasteiger charge is -2.13. The number of hydrogen-bond donors (Lipinski definition) is 2. The van der Waals surface area contributed by atoms with Gasteiger partial charge in [0.1, 0.15) is 0 Å². The zero-order valence-corrected chi connectivity index (χ0v) is 10.3. The molecule has 0 aliphatic carbocycles. The average molecular weight is 245 g/mol. The van der Waals surface area contributed by atoms with Crippen molar-refractivity contribution < 1.29 is 9.47 Å². The van der Waals surface area contributed by atoms with Gasteiger partial charge < -0.3 is 20.5 Å². The molecule has 0 saturated carbocycles. The molecule has 1 aromatic rings. The summed E-state index contributed by atoms with van der Waals surface area (Å²) in [6, 6.07) is 3.75. The lowest BCUT2D eigenvalue weighted by Crippen LogP contribution is -2.22. The molecule has 0 bridgehead atoms. The third kappa shape index (κ3) is 3.01. The van der Waals surface area contributed by atoms with E-state index in [-0.39, 0.29) is 0 Å². The topological polar surface area (TPSA) is 56.5 Å². The van der Waals surface area contributed by atoms with Crippen LogP contribution in [0.15, 0.2) is 12.1 Å². The zero-order valence-electron chi connectivity index (χ0n) is 9.55. The Hall–Kier alpha value is -0.970. The van der Waals surface area contributed by atoms with Gasteiger partial charge in [-0.15, -0.1) is 0 Å². The Morgan fingerprint density at radius 2 is 2.06 bits per heavy atom. The summed E-state index contributed by atoms with van der Waals surface area (Å²) in [4.78, 5) is 0. The molecule has 0 saturated heterocycles. The molecule has 1 rings (SSSR count). The Kier molecular flexibility index (Phi) is 5.38. The summed E-state index contributed by atoms with van der Waals surface area (Å²) in [5.41, 5.74) is 6.36. The van der Waals surface area contributed by atoms with Crippen LogP contribution in [0.3, 0.4) is 0 Å². The van der Waals surface area contributed by atoms with Crippen LogP contribution >= 0.6 is 11.6 Å². The first-order chi connectivity index (χ1) is 7.74. The number of hydrogen-bond acceptors (Lipinski definition) is 4. The maximum absolute atomic E-state index is 6.20. The van der Waals surface area contributed by atoms with Crippen molar-refractivity contribution in [3.63, 3.8) is 0 Å². The van der Waals surface area contributed by atoms with E-state index in [1.54, 1.807) is 14.2 Å². The van der Waals surface area contributed by atoms with E-state index in [1.807, 2.05) is 12.1 Å². The van der Waals surface area contributed by atoms with E-state index >= 15 is 0 Å². The standard InChI is InChI=1S/C11H17ClN2O2/c1-15-9-4-3-8(7-14-6-5-13)10(12)11(9)16-2/h3-4,14H,5-7,13H2,1-2H3. The molecule has 0 fully saturated rings. The maximum atomic E-state index is 6.20. The highest BCUT2D eigenvalue weighted by Crippen LogP contribution is 2.37. The van der Waals surface area contributed by atoms with Crippen LogP contribution in [0, 0.1) is 0 Å². The Morgan fingerprint density at radius 1 is 1.31 bits per heavy atom. The van der Waals surface area contributed by atoms with E-state index < -0.39 is 0 Å². The van der Waals surface area contributed by atoms with Crippen molar-refractivity contribution in [2.75, 3.05) is 27.3 Å². The SMILES string of the molecule is COc1ccc(CNCCN)c(Cl)c1OC. The quantitative estimate of drug-likeness (QED) is 0.743. The molecule has 3 N–H and O–H groups in total. The number of ether oxygens (including phenoxy) is 2. The van der Waals surface area contributed by atoms with E-state index in [1.165, 1.54) is 0 Å². The van der Waals surface area contributed by atoms with E-state index in [0.29, 0.717) is 29.6 Å². The number of benzene rings is 1. The van der Waals surface area contributed by atoms with E-state index in [4.69, 9.17) is 26.8 Å². The van der Waals surface area contributed by atoms with Gasteiger partial charge in [0.05, 0.1) is 19.2 Å². The molecule has 0 aliphatic heterocycles. The minimum atomic E-state index is 0.566. The number of methoxy groups -OCH3 is 2. The predicted molar refractivity (Wildman–Crippen MR) is 65.3 cm³/mol. The van der Waals surface area contributed by atoms with Crippen LogP contribution in [0.2, 0.25) is 5.02 Å². The molecule has 90 valence electrons. The fourth-order valence-electron chi connectivity index (χ4n) is 1.39. The van der Waals surface area contributed by atoms with Crippen LogP contribution in [0.25, 0.3) is 0 Å². The summed E-state index contributed by atoms with van der Waals surface area (Å²) in [7, 11) is 3.15. The van der Waals surface area contributed by atoms with Crippen LogP contribution in [0.4, 0.5) is 0 Å². The minimum Gasteiger partial charge on any atom is -0.493 e. The average Bonchev–Trinajstić information content (AvgIpc) is 2.31. The van der Waals surface area contributed by atoms with E-state index in [9.17, 15) is 0 Å². The van der Waals surface area contributed by atoms with Gasteiger partial charge in [0.2, 0.25) is 0 Å². The molecule has 0 heterocycles. The molecule has 0 amide bonds. The molecule has 4 nitrogen and oxygen atoms in total. The molecular weight excluding hydrogens is 228 g/mol. The van der Waals surface area contributed by atoms with E-state index in [2.05, 4.69) is 5.32 Å². The molecule has 0 atom stereocenters. The summed E-state index contributed by atoms with van der Waals surface area (Å²) in [5.74, 6) is 1.20. The lowest BCUT2D eigenvalue weighted by atomic mass is 10.2. The molecule has 0 aromatic heterocycles. The normalized spacial score (nSPS) is 10.2.